The summed E-state index contributed by atoms with van der Waals surface area (Å²) in [4.78, 5) is 18.6. The SMILES string of the molecule is O=C(O)N1CC[C@H]2CN(c3ccc(OC(F)(F)F)cn3)CC[C@H]21. The third kappa shape index (κ3) is 3.43. The minimum Gasteiger partial charge on any atom is -0.465 e. The van der Waals surface area contributed by atoms with Gasteiger partial charge in [-0.25, -0.2) is 9.78 Å². The number of halogens is 3. The molecule has 6 nitrogen and oxygen atoms in total. The summed E-state index contributed by atoms with van der Waals surface area (Å²) in [5.74, 6) is 0.452. The topological polar surface area (TPSA) is 65.9 Å². The lowest BCUT2D eigenvalue weighted by atomic mass is 9.93. The van der Waals surface area contributed by atoms with Crippen LogP contribution in [0.5, 0.6) is 5.75 Å². The van der Waals surface area contributed by atoms with Gasteiger partial charge in [-0.3, -0.25) is 0 Å². The van der Waals surface area contributed by atoms with Gasteiger partial charge in [0, 0.05) is 25.7 Å². The van der Waals surface area contributed by atoms with Gasteiger partial charge in [-0.1, -0.05) is 0 Å². The molecular weight excluding hydrogens is 315 g/mol. The number of piperidine rings is 1. The first-order valence-corrected chi connectivity index (χ1v) is 7.30. The van der Waals surface area contributed by atoms with Crippen molar-refractivity contribution in [3.63, 3.8) is 0 Å². The maximum atomic E-state index is 12.1. The lowest BCUT2D eigenvalue weighted by Crippen LogP contribution is -2.47. The molecule has 1 N–H and O–H groups in total. The molecule has 9 heteroatoms. The molecule has 1 amide bonds. The van der Waals surface area contributed by atoms with Crippen LogP contribution in [-0.2, 0) is 0 Å². The fraction of sp³-hybridized carbons (Fsp3) is 0.571. The number of ether oxygens (including phenoxy) is 1. The Morgan fingerprint density at radius 1 is 1.30 bits per heavy atom. The molecule has 2 aliphatic rings. The number of pyridine rings is 1. The van der Waals surface area contributed by atoms with E-state index in [-0.39, 0.29) is 17.7 Å². The van der Waals surface area contributed by atoms with Gasteiger partial charge >= 0.3 is 12.5 Å². The number of hydrogen-bond donors (Lipinski definition) is 1. The van der Waals surface area contributed by atoms with Crippen LogP contribution in [-0.4, -0.2) is 53.1 Å². The number of rotatable bonds is 2. The number of anilines is 1. The summed E-state index contributed by atoms with van der Waals surface area (Å²) in [5.41, 5.74) is 0. The summed E-state index contributed by atoms with van der Waals surface area (Å²) in [6.07, 6.45) is -3.08. The number of likely N-dealkylation sites (tertiary alicyclic amines) is 1. The van der Waals surface area contributed by atoms with Crippen LogP contribution in [0.2, 0.25) is 0 Å². The monoisotopic (exact) mass is 331 g/mol. The standard InChI is InChI=1S/C14H16F3N3O3/c15-14(16,17)23-10-1-2-12(18-7-10)19-5-4-11-9(8-19)3-6-20(11)13(21)22/h1-2,7,9,11H,3-6,8H2,(H,21,22)/t9-,11+/m0/s1. The van der Waals surface area contributed by atoms with Crippen LogP contribution >= 0.6 is 0 Å². The Morgan fingerprint density at radius 2 is 2.09 bits per heavy atom. The van der Waals surface area contributed by atoms with Crippen molar-refractivity contribution in [2.24, 2.45) is 5.92 Å². The molecule has 0 spiro atoms. The predicted molar refractivity (Wildman–Crippen MR) is 74.4 cm³/mol. The maximum Gasteiger partial charge on any atom is 0.573 e. The van der Waals surface area contributed by atoms with E-state index < -0.39 is 12.5 Å². The number of alkyl halides is 3. The van der Waals surface area contributed by atoms with Crippen molar-refractivity contribution in [1.29, 1.82) is 0 Å². The van der Waals surface area contributed by atoms with E-state index in [2.05, 4.69) is 9.72 Å². The highest BCUT2D eigenvalue weighted by molar-refractivity contribution is 5.66. The highest BCUT2D eigenvalue weighted by atomic mass is 19.4. The number of carboxylic acid groups (broad SMARTS) is 1. The molecule has 2 aliphatic heterocycles. The Morgan fingerprint density at radius 3 is 2.70 bits per heavy atom. The predicted octanol–water partition coefficient (Wildman–Crippen LogP) is 2.56. The Labute approximate surface area is 130 Å². The number of hydrogen-bond acceptors (Lipinski definition) is 4. The second-order valence-electron chi connectivity index (χ2n) is 5.73. The average molecular weight is 331 g/mol. The van der Waals surface area contributed by atoms with Gasteiger partial charge in [0.2, 0.25) is 0 Å². The molecule has 2 saturated heterocycles. The van der Waals surface area contributed by atoms with Gasteiger partial charge in [0.1, 0.15) is 11.6 Å². The zero-order valence-electron chi connectivity index (χ0n) is 12.2. The van der Waals surface area contributed by atoms with Crippen LogP contribution in [0.4, 0.5) is 23.8 Å². The molecule has 1 aromatic heterocycles. The van der Waals surface area contributed by atoms with Crippen molar-refractivity contribution in [3.05, 3.63) is 18.3 Å². The lowest BCUT2D eigenvalue weighted by molar-refractivity contribution is -0.274. The van der Waals surface area contributed by atoms with E-state index in [1.54, 1.807) is 0 Å². The minimum absolute atomic E-state index is 0.0246. The van der Waals surface area contributed by atoms with Crippen molar-refractivity contribution in [3.8, 4) is 5.75 Å². The summed E-state index contributed by atoms with van der Waals surface area (Å²) in [7, 11) is 0. The smallest absolute Gasteiger partial charge is 0.465 e. The zero-order chi connectivity index (χ0) is 16.6. The second kappa shape index (κ2) is 5.78. The molecule has 23 heavy (non-hydrogen) atoms. The molecule has 3 heterocycles. The number of aromatic nitrogens is 1. The van der Waals surface area contributed by atoms with Gasteiger partial charge in [-0.15, -0.1) is 13.2 Å². The molecule has 1 aromatic rings. The molecule has 3 rings (SSSR count). The summed E-state index contributed by atoms with van der Waals surface area (Å²) in [5, 5.41) is 9.15. The van der Waals surface area contributed by atoms with E-state index in [0.717, 1.165) is 12.6 Å². The molecule has 2 atom stereocenters. The van der Waals surface area contributed by atoms with Gasteiger partial charge in [-0.05, 0) is 30.9 Å². The zero-order valence-corrected chi connectivity index (χ0v) is 12.2. The number of fused-ring (bicyclic) bond motifs is 1. The van der Waals surface area contributed by atoms with Crippen molar-refractivity contribution in [1.82, 2.24) is 9.88 Å². The summed E-state index contributed by atoms with van der Waals surface area (Å²) < 4.78 is 40.2. The van der Waals surface area contributed by atoms with E-state index >= 15 is 0 Å². The molecule has 0 radical (unpaired) electrons. The summed E-state index contributed by atoms with van der Waals surface area (Å²) in [6, 6.07) is 2.75. The van der Waals surface area contributed by atoms with E-state index in [9.17, 15) is 18.0 Å². The largest absolute Gasteiger partial charge is 0.573 e. The van der Waals surface area contributed by atoms with Gasteiger partial charge in [-0.2, -0.15) is 0 Å². The van der Waals surface area contributed by atoms with E-state index in [1.807, 2.05) is 4.90 Å². The van der Waals surface area contributed by atoms with Crippen LogP contribution in [0.1, 0.15) is 12.8 Å². The highest BCUT2D eigenvalue weighted by Gasteiger charge is 2.40. The van der Waals surface area contributed by atoms with E-state index in [4.69, 9.17) is 5.11 Å². The Kier molecular flexibility index (Phi) is 3.95. The first-order chi connectivity index (χ1) is 10.8. The number of carbonyl (C=O) groups is 1. The third-order valence-electron chi connectivity index (χ3n) is 4.36. The number of nitrogens with zero attached hydrogens (tertiary/aromatic N) is 3. The first kappa shape index (κ1) is 15.7. The fourth-order valence-corrected chi connectivity index (χ4v) is 3.38. The van der Waals surface area contributed by atoms with Crippen molar-refractivity contribution < 1.29 is 27.8 Å². The maximum absolute atomic E-state index is 12.1. The fourth-order valence-electron chi connectivity index (χ4n) is 3.38. The third-order valence-corrected chi connectivity index (χ3v) is 4.36. The molecule has 0 aliphatic carbocycles. The average Bonchev–Trinajstić information content (AvgIpc) is 2.89. The Hall–Kier alpha value is -2.19. The van der Waals surface area contributed by atoms with Gasteiger partial charge in [0.25, 0.3) is 0 Å². The molecule has 126 valence electrons. The molecule has 0 bridgehead atoms. The van der Waals surface area contributed by atoms with Crippen molar-refractivity contribution in [2.75, 3.05) is 24.5 Å². The lowest BCUT2D eigenvalue weighted by Gasteiger charge is -2.37. The highest BCUT2D eigenvalue weighted by Crippen LogP contribution is 2.33. The molecule has 2 fully saturated rings. The van der Waals surface area contributed by atoms with E-state index in [1.165, 1.54) is 17.0 Å². The molecule has 0 unspecified atom stereocenters. The van der Waals surface area contributed by atoms with Gasteiger partial charge in [0.05, 0.1) is 6.20 Å². The minimum atomic E-state index is -4.73. The van der Waals surface area contributed by atoms with Crippen LogP contribution in [0.3, 0.4) is 0 Å². The normalized spacial score (nSPS) is 24.5. The van der Waals surface area contributed by atoms with Gasteiger partial charge in [0.15, 0.2) is 0 Å². The van der Waals surface area contributed by atoms with Crippen molar-refractivity contribution in [2.45, 2.75) is 25.2 Å². The van der Waals surface area contributed by atoms with Crippen LogP contribution in [0, 0.1) is 5.92 Å². The first-order valence-electron chi connectivity index (χ1n) is 7.30. The molecule has 0 aromatic carbocycles. The number of amides is 1. The van der Waals surface area contributed by atoms with Crippen LogP contribution in [0.25, 0.3) is 0 Å². The van der Waals surface area contributed by atoms with E-state index in [0.29, 0.717) is 31.9 Å². The van der Waals surface area contributed by atoms with Crippen LogP contribution < -0.4 is 9.64 Å². The van der Waals surface area contributed by atoms with Crippen molar-refractivity contribution >= 4 is 11.9 Å². The van der Waals surface area contributed by atoms with Crippen LogP contribution in [0.15, 0.2) is 18.3 Å². The molecular formula is C14H16F3N3O3. The van der Waals surface area contributed by atoms with Gasteiger partial charge < -0.3 is 19.6 Å². The molecule has 0 saturated carbocycles. The Balaban J connectivity index is 1.64. The summed E-state index contributed by atoms with van der Waals surface area (Å²) in [6.45, 7) is 1.81. The Bertz CT molecular complexity index is 579. The quantitative estimate of drug-likeness (QED) is 0.902. The summed E-state index contributed by atoms with van der Waals surface area (Å²) >= 11 is 0. The second-order valence-corrected chi connectivity index (χ2v) is 5.73.